The number of ether oxygens (including phenoxy) is 1. The number of hydrogen-bond acceptors (Lipinski definition) is 4. The van der Waals surface area contributed by atoms with Crippen LogP contribution < -0.4 is 14.8 Å². The number of halogens is 1. The lowest BCUT2D eigenvalue weighted by Gasteiger charge is -2.22. The second kappa shape index (κ2) is 11.0. The van der Waals surface area contributed by atoms with E-state index in [9.17, 15) is 8.42 Å². The first-order valence-electron chi connectivity index (χ1n) is 8.90. The Morgan fingerprint density at radius 2 is 2.00 bits per heavy atom. The number of hydrogen-bond donors (Lipinski definition) is 2. The van der Waals surface area contributed by atoms with Crippen molar-refractivity contribution in [1.82, 2.24) is 10.0 Å². The SMILES string of the molecule is CC(C)CCOc1ccc(S(=O)(=O)NCCC2CCCNC2)cc1.Cl. The fourth-order valence-electron chi connectivity index (χ4n) is 2.78. The molecule has 1 aromatic carbocycles. The van der Waals surface area contributed by atoms with Crippen molar-refractivity contribution < 1.29 is 13.2 Å². The van der Waals surface area contributed by atoms with Crippen LogP contribution in [0.4, 0.5) is 0 Å². The Labute approximate surface area is 158 Å². The van der Waals surface area contributed by atoms with Gasteiger partial charge in [-0.15, -0.1) is 12.4 Å². The minimum atomic E-state index is -3.44. The third kappa shape index (κ3) is 7.94. The van der Waals surface area contributed by atoms with Crippen LogP contribution in [0.1, 0.15) is 39.5 Å². The Kier molecular flexibility index (Phi) is 9.79. The second-order valence-electron chi connectivity index (χ2n) is 6.90. The van der Waals surface area contributed by atoms with Gasteiger partial charge in [-0.3, -0.25) is 0 Å². The van der Waals surface area contributed by atoms with Crippen molar-refractivity contribution in [1.29, 1.82) is 0 Å². The Hall–Kier alpha value is -0.820. The molecule has 25 heavy (non-hydrogen) atoms. The van der Waals surface area contributed by atoms with Crippen LogP contribution in [0.2, 0.25) is 0 Å². The maximum Gasteiger partial charge on any atom is 0.240 e. The highest BCUT2D eigenvalue weighted by molar-refractivity contribution is 7.89. The lowest BCUT2D eigenvalue weighted by atomic mass is 9.96. The van der Waals surface area contributed by atoms with Crippen molar-refractivity contribution in [2.24, 2.45) is 11.8 Å². The molecule has 1 unspecified atom stereocenters. The summed E-state index contributed by atoms with van der Waals surface area (Å²) in [5.41, 5.74) is 0. The molecule has 0 spiro atoms. The Morgan fingerprint density at radius 1 is 1.28 bits per heavy atom. The van der Waals surface area contributed by atoms with Crippen molar-refractivity contribution in [2.75, 3.05) is 26.2 Å². The molecular weight excluding hydrogens is 360 g/mol. The molecule has 1 aromatic rings. The first-order valence-corrected chi connectivity index (χ1v) is 10.4. The molecule has 1 aliphatic heterocycles. The van der Waals surface area contributed by atoms with Crippen LogP contribution in [-0.4, -0.2) is 34.7 Å². The van der Waals surface area contributed by atoms with Crippen molar-refractivity contribution in [3.8, 4) is 5.75 Å². The summed E-state index contributed by atoms with van der Waals surface area (Å²) in [4.78, 5) is 0.292. The van der Waals surface area contributed by atoms with E-state index in [2.05, 4.69) is 23.9 Å². The zero-order chi connectivity index (χ0) is 17.4. The zero-order valence-electron chi connectivity index (χ0n) is 15.2. The van der Waals surface area contributed by atoms with Gasteiger partial charge >= 0.3 is 0 Å². The van der Waals surface area contributed by atoms with E-state index in [0.717, 1.165) is 25.9 Å². The van der Waals surface area contributed by atoms with Gasteiger partial charge in [0.2, 0.25) is 10.0 Å². The van der Waals surface area contributed by atoms with E-state index in [1.54, 1.807) is 24.3 Å². The van der Waals surface area contributed by atoms with Gasteiger partial charge in [0, 0.05) is 6.54 Å². The molecule has 0 radical (unpaired) electrons. The van der Waals surface area contributed by atoms with E-state index in [-0.39, 0.29) is 12.4 Å². The summed E-state index contributed by atoms with van der Waals surface area (Å²) in [5.74, 6) is 1.87. The van der Waals surface area contributed by atoms with Crippen LogP contribution >= 0.6 is 12.4 Å². The standard InChI is InChI=1S/C18H30N2O3S.ClH/c1-15(2)10-13-23-17-5-7-18(8-6-17)24(21,22)20-12-9-16-4-3-11-19-14-16;/h5-8,15-16,19-20H,3-4,9-14H2,1-2H3;1H. The van der Waals surface area contributed by atoms with Gasteiger partial charge in [-0.25, -0.2) is 13.1 Å². The molecule has 1 fully saturated rings. The van der Waals surface area contributed by atoms with Crippen LogP contribution in [0.3, 0.4) is 0 Å². The van der Waals surface area contributed by atoms with Crippen LogP contribution in [0, 0.1) is 11.8 Å². The summed E-state index contributed by atoms with van der Waals surface area (Å²) in [6, 6.07) is 6.66. The van der Waals surface area contributed by atoms with E-state index in [0.29, 0.717) is 35.6 Å². The minimum Gasteiger partial charge on any atom is -0.494 e. The molecule has 144 valence electrons. The lowest BCUT2D eigenvalue weighted by molar-refractivity contribution is 0.289. The molecule has 1 saturated heterocycles. The molecule has 0 aromatic heterocycles. The van der Waals surface area contributed by atoms with E-state index < -0.39 is 10.0 Å². The quantitative estimate of drug-likeness (QED) is 0.679. The largest absolute Gasteiger partial charge is 0.494 e. The Morgan fingerprint density at radius 3 is 2.60 bits per heavy atom. The summed E-state index contributed by atoms with van der Waals surface area (Å²) in [6.07, 6.45) is 4.22. The molecule has 5 nitrogen and oxygen atoms in total. The number of benzene rings is 1. The van der Waals surface area contributed by atoms with Gasteiger partial charge < -0.3 is 10.1 Å². The molecular formula is C18H31ClN2O3S. The molecule has 0 saturated carbocycles. The summed E-state index contributed by atoms with van der Waals surface area (Å²) in [7, 11) is -3.44. The highest BCUT2D eigenvalue weighted by atomic mass is 35.5. The molecule has 1 aliphatic rings. The fourth-order valence-corrected chi connectivity index (χ4v) is 3.83. The monoisotopic (exact) mass is 390 g/mol. The molecule has 2 rings (SSSR count). The van der Waals surface area contributed by atoms with Gasteiger partial charge in [-0.2, -0.15) is 0 Å². The molecule has 7 heteroatoms. The van der Waals surface area contributed by atoms with Gasteiger partial charge in [0.25, 0.3) is 0 Å². The smallest absolute Gasteiger partial charge is 0.240 e. The van der Waals surface area contributed by atoms with Gasteiger partial charge in [0.05, 0.1) is 11.5 Å². The molecule has 1 heterocycles. The minimum absolute atomic E-state index is 0. The van der Waals surface area contributed by atoms with Crippen molar-refractivity contribution in [3.63, 3.8) is 0 Å². The molecule has 2 N–H and O–H groups in total. The third-order valence-electron chi connectivity index (χ3n) is 4.34. The van der Waals surface area contributed by atoms with E-state index in [1.165, 1.54) is 12.8 Å². The van der Waals surface area contributed by atoms with Gasteiger partial charge in [-0.05, 0) is 74.9 Å². The summed E-state index contributed by atoms with van der Waals surface area (Å²) < 4.78 is 33.0. The van der Waals surface area contributed by atoms with E-state index >= 15 is 0 Å². The van der Waals surface area contributed by atoms with Crippen molar-refractivity contribution in [3.05, 3.63) is 24.3 Å². The fraction of sp³-hybridized carbons (Fsp3) is 0.667. The molecule has 0 amide bonds. The Balaban J connectivity index is 0.00000312. The third-order valence-corrected chi connectivity index (χ3v) is 5.82. The first-order chi connectivity index (χ1) is 11.5. The van der Waals surface area contributed by atoms with Crippen molar-refractivity contribution in [2.45, 2.75) is 44.4 Å². The van der Waals surface area contributed by atoms with Crippen LogP contribution in [-0.2, 0) is 10.0 Å². The van der Waals surface area contributed by atoms with E-state index in [4.69, 9.17) is 4.74 Å². The van der Waals surface area contributed by atoms with Gasteiger partial charge in [-0.1, -0.05) is 13.8 Å². The van der Waals surface area contributed by atoms with Crippen molar-refractivity contribution >= 4 is 22.4 Å². The average Bonchev–Trinajstić information content (AvgIpc) is 2.56. The molecule has 0 aliphatic carbocycles. The Bertz CT molecular complexity index is 585. The normalized spacial score (nSPS) is 18.0. The van der Waals surface area contributed by atoms with Crippen LogP contribution in [0.5, 0.6) is 5.75 Å². The summed E-state index contributed by atoms with van der Waals surface area (Å²) in [5, 5.41) is 3.35. The maximum atomic E-state index is 12.3. The van der Waals surface area contributed by atoms with Crippen LogP contribution in [0.25, 0.3) is 0 Å². The summed E-state index contributed by atoms with van der Waals surface area (Å²) in [6.45, 7) is 7.50. The molecule has 1 atom stereocenters. The number of piperidine rings is 1. The van der Waals surface area contributed by atoms with Crippen LogP contribution in [0.15, 0.2) is 29.2 Å². The lowest BCUT2D eigenvalue weighted by Crippen LogP contribution is -2.33. The number of rotatable bonds is 9. The maximum absolute atomic E-state index is 12.3. The zero-order valence-corrected chi connectivity index (χ0v) is 16.8. The van der Waals surface area contributed by atoms with Gasteiger partial charge in [0.15, 0.2) is 0 Å². The summed E-state index contributed by atoms with van der Waals surface area (Å²) >= 11 is 0. The number of sulfonamides is 1. The van der Waals surface area contributed by atoms with Gasteiger partial charge in [0.1, 0.15) is 5.75 Å². The highest BCUT2D eigenvalue weighted by Gasteiger charge is 2.16. The predicted octanol–water partition coefficient (Wildman–Crippen LogP) is 3.20. The predicted molar refractivity (Wildman–Crippen MR) is 104 cm³/mol. The topological polar surface area (TPSA) is 67.4 Å². The van der Waals surface area contributed by atoms with E-state index in [1.807, 2.05) is 0 Å². The second-order valence-corrected chi connectivity index (χ2v) is 8.67. The number of nitrogens with one attached hydrogen (secondary N) is 2. The highest BCUT2D eigenvalue weighted by Crippen LogP contribution is 2.17. The average molecular weight is 391 g/mol. The molecule has 0 bridgehead atoms. The first kappa shape index (κ1) is 22.2.